The Labute approximate surface area is 148 Å². The van der Waals surface area contributed by atoms with E-state index in [0.717, 1.165) is 12.2 Å². The van der Waals surface area contributed by atoms with Gasteiger partial charge in [0, 0.05) is 30.9 Å². The van der Waals surface area contributed by atoms with E-state index in [2.05, 4.69) is 30.3 Å². The summed E-state index contributed by atoms with van der Waals surface area (Å²) in [5.74, 6) is 2.04. The summed E-state index contributed by atoms with van der Waals surface area (Å²) in [6, 6.07) is 8.61. The van der Waals surface area contributed by atoms with Crippen LogP contribution < -0.4 is 0 Å². The maximum atomic E-state index is 11.8. The number of fused-ring (bicyclic) bond motifs is 5. The maximum absolute atomic E-state index is 11.8. The molecule has 4 rings (SSSR count). The third-order valence-corrected chi connectivity index (χ3v) is 6.06. The highest BCUT2D eigenvalue weighted by Gasteiger charge is 2.70. The molecule has 1 aromatic rings. The molecule has 5 atom stereocenters. The van der Waals surface area contributed by atoms with E-state index in [4.69, 9.17) is 14.2 Å². The Bertz CT molecular complexity index is 750. The Hall–Kier alpha value is -2.07. The first kappa shape index (κ1) is 16.4. The van der Waals surface area contributed by atoms with Gasteiger partial charge < -0.3 is 14.2 Å². The summed E-state index contributed by atoms with van der Waals surface area (Å²) in [4.78, 5) is 11.8. The molecule has 0 aliphatic heterocycles. The zero-order valence-corrected chi connectivity index (χ0v) is 14.9. The van der Waals surface area contributed by atoms with Gasteiger partial charge in [-0.25, -0.2) is 4.79 Å². The molecule has 0 bridgehead atoms. The fourth-order valence-corrected chi connectivity index (χ4v) is 5.02. The zero-order chi connectivity index (χ0) is 17.6. The Kier molecular flexibility index (Phi) is 3.95. The fraction of sp³-hybridized carbons (Fsp3) is 0.476. The van der Waals surface area contributed by atoms with E-state index in [1.54, 1.807) is 14.2 Å². The largest absolute Gasteiger partial charge is 0.501 e. The van der Waals surface area contributed by atoms with Gasteiger partial charge in [-0.2, -0.15) is 0 Å². The van der Waals surface area contributed by atoms with Crippen molar-refractivity contribution in [1.82, 2.24) is 0 Å². The molecule has 0 radical (unpaired) electrons. The number of ether oxygens (including phenoxy) is 3. The molecule has 3 aliphatic rings. The van der Waals surface area contributed by atoms with Crippen molar-refractivity contribution in [1.29, 1.82) is 0 Å². The lowest BCUT2D eigenvalue weighted by molar-refractivity contribution is -0.137. The van der Waals surface area contributed by atoms with Gasteiger partial charge in [0.2, 0.25) is 0 Å². The summed E-state index contributed by atoms with van der Waals surface area (Å²) < 4.78 is 16.7. The van der Waals surface area contributed by atoms with Crippen molar-refractivity contribution in [2.75, 3.05) is 20.8 Å². The highest BCUT2D eigenvalue weighted by atomic mass is 16.5. The van der Waals surface area contributed by atoms with Crippen LogP contribution in [0.5, 0.6) is 0 Å². The van der Waals surface area contributed by atoms with E-state index >= 15 is 0 Å². The van der Waals surface area contributed by atoms with Crippen molar-refractivity contribution >= 4 is 5.97 Å². The molecule has 25 heavy (non-hydrogen) atoms. The summed E-state index contributed by atoms with van der Waals surface area (Å²) in [5.41, 5.74) is 2.33. The normalized spacial score (nSPS) is 34.8. The van der Waals surface area contributed by atoms with Crippen LogP contribution >= 0.6 is 0 Å². The first-order valence-electron chi connectivity index (χ1n) is 8.91. The van der Waals surface area contributed by atoms with Crippen LogP contribution in [-0.4, -0.2) is 32.4 Å². The van der Waals surface area contributed by atoms with Crippen molar-refractivity contribution < 1.29 is 19.0 Å². The molecule has 0 amide bonds. The first-order valence-corrected chi connectivity index (χ1v) is 8.91. The smallest absolute Gasteiger partial charge is 0.330 e. The quantitative estimate of drug-likeness (QED) is 0.610. The van der Waals surface area contributed by atoms with E-state index in [1.807, 2.05) is 13.0 Å². The van der Waals surface area contributed by atoms with Gasteiger partial charge in [0.1, 0.15) is 0 Å². The van der Waals surface area contributed by atoms with Gasteiger partial charge in [-0.05, 0) is 42.5 Å². The number of esters is 1. The predicted octanol–water partition coefficient (Wildman–Crippen LogP) is 3.24. The second-order valence-corrected chi connectivity index (χ2v) is 7.01. The van der Waals surface area contributed by atoms with Gasteiger partial charge in [0.25, 0.3) is 0 Å². The minimum atomic E-state index is -0.433. The molecular formula is C21H24O4. The molecule has 0 heterocycles. The summed E-state index contributed by atoms with van der Waals surface area (Å²) in [7, 11) is 3.47. The summed E-state index contributed by atoms with van der Waals surface area (Å²) in [5, 5.41) is 0. The molecule has 1 fully saturated rings. The third-order valence-electron chi connectivity index (χ3n) is 6.06. The topological polar surface area (TPSA) is 44.8 Å². The Morgan fingerprint density at radius 3 is 2.84 bits per heavy atom. The predicted molar refractivity (Wildman–Crippen MR) is 94.0 cm³/mol. The molecule has 0 saturated heterocycles. The standard InChI is InChI=1S/C21H24O4/c1-4-25-18(22)9-10-21(24-3)16-12-17(23-2)19-14-8-6-5-7-13(14)11-15(19)20(16)21/h5-10,12,15-16,19-20H,4,11H2,1-3H3/b10-9+/t15-,16-,19+,20+,21-/m1/s1. The van der Waals surface area contributed by atoms with Crippen LogP contribution in [0.4, 0.5) is 0 Å². The van der Waals surface area contributed by atoms with Crippen LogP contribution in [-0.2, 0) is 25.4 Å². The molecule has 4 heteroatoms. The van der Waals surface area contributed by atoms with Crippen molar-refractivity contribution in [2.24, 2.45) is 17.8 Å². The van der Waals surface area contributed by atoms with Crippen LogP contribution in [0.25, 0.3) is 0 Å². The fourth-order valence-electron chi connectivity index (χ4n) is 5.02. The van der Waals surface area contributed by atoms with Gasteiger partial charge in [-0.15, -0.1) is 0 Å². The van der Waals surface area contributed by atoms with Crippen LogP contribution in [0.15, 0.2) is 48.3 Å². The lowest BCUT2D eigenvalue weighted by Crippen LogP contribution is -2.21. The maximum Gasteiger partial charge on any atom is 0.330 e. The van der Waals surface area contributed by atoms with E-state index in [0.29, 0.717) is 18.4 Å². The molecule has 0 unspecified atom stereocenters. The number of benzene rings is 1. The molecule has 1 aromatic carbocycles. The van der Waals surface area contributed by atoms with Crippen LogP contribution in [0.2, 0.25) is 0 Å². The number of hydrogen-bond donors (Lipinski definition) is 0. The number of methoxy groups -OCH3 is 2. The molecule has 0 spiro atoms. The average Bonchev–Trinajstić information content (AvgIpc) is 3.11. The molecule has 3 aliphatic carbocycles. The summed E-state index contributed by atoms with van der Waals surface area (Å²) in [6.45, 7) is 2.19. The highest BCUT2D eigenvalue weighted by molar-refractivity contribution is 5.82. The van der Waals surface area contributed by atoms with Crippen molar-refractivity contribution in [2.45, 2.75) is 24.9 Å². The molecule has 4 nitrogen and oxygen atoms in total. The average molecular weight is 340 g/mol. The highest BCUT2D eigenvalue weighted by Crippen LogP contribution is 2.67. The monoisotopic (exact) mass is 340 g/mol. The second-order valence-electron chi connectivity index (χ2n) is 7.01. The van der Waals surface area contributed by atoms with Crippen LogP contribution in [0.1, 0.15) is 24.0 Å². The Morgan fingerprint density at radius 2 is 2.12 bits per heavy atom. The van der Waals surface area contributed by atoms with Crippen LogP contribution in [0, 0.1) is 17.8 Å². The number of rotatable bonds is 5. The number of hydrogen-bond acceptors (Lipinski definition) is 4. The first-order chi connectivity index (χ1) is 12.2. The number of allylic oxidation sites excluding steroid dienone is 1. The van der Waals surface area contributed by atoms with Crippen molar-refractivity contribution in [3.05, 3.63) is 59.4 Å². The summed E-state index contributed by atoms with van der Waals surface area (Å²) in [6.07, 6.45) is 6.65. The molecule has 0 N–H and O–H groups in total. The lowest BCUT2D eigenvalue weighted by atomic mass is 9.82. The number of carbonyl (C=O) groups is 1. The zero-order valence-electron chi connectivity index (χ0n) is 14.9. The lowest BCUT2D eigenvalue weighted by Gasteiger charge is -2.26. The van der Waals surface area contributed by atoms with Gasteiger partial charge in [-0.1, -0.05) is 24.3 Å². The van der Waals surface area contributed by atoms with Gasteiger partial charge in [0.05, 0.1) is 25.1 Å². The van der Waals surface area contributed by atoms with Crippen LogP contribution in [0.3, 0.4) is 0 Å². The van der Waals surface area contributed by atoms with E-state index < -0.39 is 5.60 Å². The van der Waals surface area contributed by atoms with Crippen molar-refractivity contribution in [3.8, 4) is 0 Å². The Balaban J connectivity index is 1.67. The molecular weight excluding hydrogens is 316 g/mol. The summed E-state index contributed by atoms with van der Waals surface area (Å²) >= 11 is 0. The molecule has 0 aromatic heterocycles. The minimum absolute atomic E-state index is 0.244. The number of carbonyl (C=O) groups excluding carboxylic acids is 1. The van der Waals surface area contributed by atoms with Gasteiger partial charge >= 0.3 is 5.97 Å². The SMILES string of the molecule is CCOC(=O)/C=C/[C@]1(OC)[C@H]2[C@@H]3Cc4ccccc4[C@@H]3C(OC)=C[C@H]21. The van der Waals surface area contributed by atoms with Crippen molar-refractivity contribution in [3.63, 3.8) is 0 Å². The third kappa shape index (κ3) is 2.35. The van der Waals surface area contributed by atoms with Gasteiger partial charge in [-0.3, -0.25) is 0 Å². The minimum Gasteiger partial charge on any atom is -0.501 e. The van der Waals surface area contributed by atoms with Gasteiger partial charge in [0.15, 0.2) is 0 Å². The van der Waals surface area contributed by atoms with E-state index in [1.165, 1.54) is 17.2 Å². The van der Waals surface area contributed by atoms with E-state index in [9.17, 15) is 4.79 Å². The molecule has 132 valence electrons. The Morgan fingerprint density at radius 1 is 1.32 bits per heavy atom. The van der Waals surface area contributed by atoms with E-state index in [-0.39, 0.29) is 17.8 Å². The molecule has 1 saturated carbocycles. The second kappa shape index (κ2) is 6.03.